The number of aliphatic hydroxyl groups is 1. The summed E-state index contributed by atoms with van der Waals surface area (Å²) in [4.78, 5) is 185. The molecule has 3 fully saturated rings. The number of aliphatic carboxylic acids is 2. The number of fused-ring (bicyclic) bond motifs is 9. The summed E-state index contributed by atoms with van der Waals surface area (Å²) >= 11 is 5.70. The van der Waals surface area contributed by atoms with Crippen molar-refractivity contribution in [3.05, 3.63) is 89.0 Å². The lowest BCUT2D eigenvalue weighted by molar-refractivity contribution is -0.148. The Balaban J connectivity index is 0.856. The van der Waals surface area contributed by atoms with Crippen LogP contribution in [0.25, 0.3) is 0 Å². The number of ether oxygens (including phenoxy) is 2. The number of hydrogen-bond acceptors (Lipinski definition) is 19. The van der Waals surface area contributed by atoms with Crippen LogP contribution in [-0.2, 0) is 67.9 Å². The number of carbonyl (C=O) groups is 13. The van der Waals surface area contributed by atoms with Gasteiger partial charge in [-0.1, -0.05) is 50.7 Å². The highest BCUT2D eigenvalue weighted by atomic mass is 32.1. The van der Waals surface area contributed by atoms with E-state index in [9.17, 15) is 87.9 Å². The van der Waals surface area contributed by atoms with Crippen LogP contribution in [-0.4, -0.2) is 233 Å². The number of nitrogens with one attached hydrogen (secondary N) is 6. The number of aromatic hydroxyl groups is 2. The number of amides is 10. The molecule has 1 spiro atoms. The summed E-state index contributed by atoms with van der Waals surface area (Å²) in [6.07, 6.45) is 12.5. The van der Waals surface area contributed by atoms with Crippen LogP contribution < -0.4 is 42.4 Å². The maximum Gasteiger partial charge on any atom is 0.340 e. The van der Waals surface area contributed by atoms with E-state index in [1.165, 1.54) is 62.6 Å². The zero-order chi connectivity index (χ0) is 80.1. The lowest BCUT2D eigenvalue weighted by Crippen LogP contribution is -2.61. The number of primary amides is 1. The van der Waals surface area contributed by atoms with Crippen molar-refractivity contribution >= 4 is 100.0 Å². The standard InChI is InChI=1S/C78H104N12O20S/c1-47-72(104)90-41-21-24-60(90)75(107)89-40-20-22-58(89)69(101)84-56(32-34-66(97)98)73(105)87(45-63(79)94)38-18-14-12-10-8-6-4-3-5-7-9-11-13-17-37-86(46-64(95)83-57(33-35-67(99)100)74(106)88-39-19-23-59(88)70(102)85-68(48(2)91)71(103)81-47)65(96)25-15-16-36-80-77(111)82-49-26-29-52-55(42-49)78(110-76(52)108)53-30-27-50(92)43-61(53)109-62-44-51(93)28-31-54(62)78/h5,7,26-31,42-44,47-48,56-60,68,91-93H,3-4,6,8-25,32-41,45-46H2,1-2H3,(H2,79,94)(H,81,103)(H,83,95)(H,84,101)(H,85,102)(H,97,98)(H,99,100)(H2,80,82,111)/t47-,48+,56-,57-,58-,59-,60-,68-/m0/s1. The van der Waals surface area contributed by atoms with E-state index in [2.05, 4.69) is 44.1 Å². The molecule has 32 nitrogen and oxygen atoms in total. The highest BCUT2D eigenvalue weighted by Gasteiger charge is 2.54. The number of anilines is 1. The van der Waals surface area contributed by atoms with Crippen molar-refractivity contribution in [2.24, 2.45) is 5.73 Å². The van der Waals surface area contributed by atoms with E-state index in [-0.39, 0.29) is 111 Å². The number of carboxylic acid groups (broad SMARTS) is 2. The van der Waals surface area contributed by atoms with Crippen molar-refractivity contribution in [1.29, 1.82) is 0 Å². The summed E-state index contributed by atoms with van der Waals surface area (Å²) in [5.41, 5.74) is 6.19. The normalized spacial score (nSPS) is 23.5. The number of phenolic OH excluding ortho intramolecular Hbond substituents is 2. The SMILES string of the molecule is C[C@@H]1NC(=O)[C@H]([C@@H](C)O)NC(=O)[C@@H]2CCCN2C(=O)[C@H](CCC(=O)O)NC(=O)CN(C(=O)CCCCNC(=S)Nc2ccc3c(c2)C2(OC3=O)c3ccc(O)cc3Oc3cc(O)ccc32)CCCCCC=CCCCCCCCCCN(CC(N)=O)C(=O)[C@H](CCC(=O)O)NC(=O)[C@@H]2CCCN2C(=O)[C@@H]2CCCN2C1=O. The van der Waals surface area contributed by atoms with Gasteiger partial charge in [0.05, 0.1) is 24.8 Å². The van der Waals surface area contributed by atoms with E-state index in [4.69, 9.17) is 27.4 Å². The number of allylic oxidation sites excluding steroid dienone is 2. The summed E-state index contributed by atoms with van der Waals surface area (Å²) < 4.78 is 12.3. The third-order valence-corrected chi connectivity index (χ3v) is 21.3. The number of thiocarbonyl (C=S) groups is 1. The van der Waals surface area contributed by atoms with Gasteiger partial charge in [-0.15, -0.1) is 0 Å². The van der Waals surface area contributed by atoms with E-state index in [0.29, 0.717) is 80.3 Å². The van der Waals surface area contributed by atoms with Gasteiger partial charge >= 0.3 is 17.9 Å². The minimum Gasteiger partial charge on any atom is -0.508 e. The molecule has 0 aliphatic carbocycles. The van der Waals surface area contributed by atoms with Crippen molar-refractivity contribution < 1.29 is 97.3 Å². The number of nitrogens with zero attached hydrogens (tertiary/aromatic N) is 5. The van der Waals surface area contributed by atoms with Gasteiger partial charge in [0.25, 0.3) is 0 Å². The van der Waals surface area contributed by atoms with Crippen molar-refractivity contribution in [3.63, 3.8) is 0 Å². The highest BCUT2D eigenvalue weighted by molar-refractivity contribution is 7.80. The third kappa shape index (κ3) is 22.2. The number of aliphatic hydroxyl groups excluding tert-OH is 1. The number of carboxylic acids is 2. The Labute approximate surface area is 649 Å². The second-order valence-electron chi connectivity index (χ2n) is 29.3. The monoisotopic (exact) mass is 1560 g/mol. The fourth-order valence-corrected chi connectivity index (χ4v) is 15.6. The smallest absolute Gasteiger partial charge is 0.340 e. The second-order valence-corrected chi connectivity index (χ2v) is 29.7. The Morgan fingerprint density at radius 1 is 0.595 bits per heavy atom. The first-order valence-corrected chi connectivity index (χ1v) is 39.1. The van der Waals surface area contributed by atoms with Gasteiger partial charge in [-0.25, -0.2) is 4.79 Å². The van der Waals surface area contributed by atoms with Gasteiger partial charge in [-0.2, -0.15) is 0 Å². The first kappa shape index (κ1) is 84.6. The molecular weight excluding hydrogens is 1460 g/mol. The first-order chi connectivity index (χ1) is 53.1. The molecule has 6 aliphatic rings. The molecule has 0 saturated carbocycles. The number of rotatable bonds is 15. The number of benzene rings is 3. The molecule has 0 radical (unpaired) electrons. The Kier molecular flexibility index (Phi) is 30.5. The molecule has 9 rings (SSSR count). The van der Waals surface area contributed by atoms with Gasteiger partial charge in [0, 0.05) is 93.0 Å². The fourth-order valence-electron chi connectivity index (χ4n) is 15.4. The summed E-state index contributed by atoms with van der Waals surface area (Å²) in [5.74, 6) is -10.2. The van der Waals surface area contributed by atoms with Crippen LogP contribution in [0.5, 0.6) is 23.0 Å². The quantitative estimate of drug-likeness (QED) is 0.0429. The highest BCUT2D eigenvalue weighted by Crippen LogP contribution is 2.57. The second kappa shape index (κ2) is 40.0. The Hall–Kier alpha value is -10.4. The van der Waals surface area contributed by atoms with Crippen molar-refractivity contribution in [1.82, 2.24) is 51.1 Å². The Morgan fingerprint density at radius 2 is 1.14 bits per heavy atom. The molecule has 6 heterocycles. The molecule has 3 aromatic rings. The maximum absolute atomic E-state index is 14.6. The summed E-state index contributed by atoms with van der Waals surface area (Å²) in [6.45, 7) is 2.38. The van der Waals surface area contributed by atoms with Crippen molar-refractivity contribution in [2.75, 3.05) is 57.7 Å². The largest absolute Gasteiger partial charge is 0.508 e. The Morgan fingerprint density at radius 3 is 1.73 bits per heavy atom. The molecule has 3 aromatic carbocycles. The molecule has 3 saturated heterocycles. The van der Waals surface area contributed by atoms with Crippen LogP contribution in [0.4, 0.5) is 5.69 Å². The lowest BCUT2D eigenvalue weighted by atomic mass is 9.77. The van der Waals surface area contributed by atoms with Gasteiger partial charge < -0.3 is 97.1 Å². The van der Waals surface area contributed by atoms with Crippen LogP contribution in [0, 0.1) is 0 Å². The van der Waals surface area contributed by atoms with Crippen LogP contribution >= 0.6 is 12.2 Å². The van der Waals surface area contributed by atoms with Crippen LogP contribution in [0.2, 0.25) is 0 Å². The summed E-state index contributed by atoms with van der Waals surface area (Å²) in [7, 11) is 0. The molecule has 6 aliphatic heterocycles. The lowest BCUT2D eigenvalue weighted by Gasteiger charge is -2.36. The van der Waals surface area contributed by atoms with Crippen LogP contribution in [0.3, 0.4) is 0 Å². The fraction of sp³-hybridized carbons (Fsp3) is 0.564. The maximum atomic E-state index is 14.6. The zero-order valence-electron chi connectivity index (χ0n) is 62.9. The molecular formula is C78H104N12O20S. The average molecular weight is 1560 g/mol. The number of nitrogens with two attached hydrogens (primary N) is 1. The van der Waals surface area contributed by atoms with E-state index in [1.54, 1.807) is 30.3 Å². The molecule has 0 aromatic heterocycles. The zero-order valence-corrected chi connectivity index (χ0v) is 63.7. The topological polar surface area (TPSA) is 456 Å². The molecule has 33 heteroatoms. The number of esters is 1. The number of phenols is 2. The molecule has 13 N–H and O–H groups in total. The predicted octanol–water partition coefficient (Wildman–Crippen LogP) is 4.56. The minimum atomic E-state index is -1.70. The van der Waals surface area contributed by atoms with Gasteiger partial charge in [-0.05, 0) is 171 Å². The molecule has 0 unspecified atom stereocenters. The molecule has 111 heavy (non-hydrogen) atoms. The van der Waals surface area contributed by atoms with E-state index in [0.717, 1.165) is 51.4 Å². The van der Waals surface area contributed by atoms with E-state index < -0.39 is 157 Å². The van der Waals surface area contributed by atoms with Gasteiger partial charge in [0.1, 0.15) is 65.3 Å². The van der Waals surface area contributed by atoms with Gasteiger partial charge in [0.2, 0.25) is 59.1 Å². The minimum absolute atomic E-state index is 0.00737. The molecule has 8 atom stereocenters. The third-order valence-electron chi connectivity index (χ3n) is 21.1. The number of unbranched alkanes of at least 4 members (excludes halogenated alkanes) is 1. The van der Waals surface area contributed by atoms with Crippen LogP contribution in [0.1, 0.15) is 201 Å². The van der Waals surface area contributed by atoms with Crippen LogP contribution in [0.15, 0.2) is 66.7 Å². The number of hydrogen-bond donors (Lipinski definition) is 12. The van der Waals surface area contributed by atoms with Crippen molar-refractivity contribution in [3.8, 4) is 23.0 Å². The summed E-state index contributed by atoms with van der Waals surface area (Å²) in [5, 5.41) is 68.2. The number of carbonyl (C=O) groups excluding carboxylic acids is 11. The Bertz CT molecular complexity index is 3930. The van der Waals surface area contributed by atoms with Gasteiger partial charge in [0.15, 0.2) is 10.7 Å². The first-order valence-electron chi connectivity index (χ1n) is 38.7. The molecule has 602 valence electrons. The summed E-state index contributed by atoms with van der Waals surface area (Å²) in [6, 6.07) is 4.51. The molecule has 10 amide bonds. The average Bonchev–Trinajstić information content (AvgIpc) is 1.56. The van der Waals surface area contributed by atoms with Crippen molar-refractivity contribution in [2.45, 2.75) is 228 Å². The van der Waals surface area contributed by atoms with E-state index in [1.807, 2.05) is 0 Å². The molecule has 0 bridgehead atoms. The van der Waals surface area contributed by atoms with Gasteiger partial charge in [-0.3, -0.25) is 57.5 Å². The van der Waals surface area contributed by atoms with E-state index >= 15 is 0 Å². The predicted molar refractivity (Wildman–Crippen MR) is 406 cm³/mol.